The molecule has 2 rings (SSSR count). The summed E-state index contributed by atoms with van der Waals surface area (Å²) in [4.78, 5) is 0. The van der Waals surface area contributed by atoms with Crippen molar-refractivity contribution in [3.63, 3.8) is 0 Å². The van der Waals surface area contributed by atoms with E-state index < -0.39 is 10.0 Å². The molecule has 0 saturated heterocycles. The lowest BCUT2D eigenvalue weighted by atomic mass is 10.1. The molecule has 1 aliphatic rings. The van der Waals surface area contributed by atoms with Crippen molar-refractivity contribution in [2.45, 2.75) is 37.5 Å². The number of benzene rings is 1. The second-order valence-electron chi connectivity index (χ2n) is 4.57. The molecule has 1 aromatic carbocycles. The highest BCUT2D eigenvalue weighted by atomic mass is 32.2. The van der Waals surface area contributed by atoms with Crippen molar-refractivity contribution in [2.75, 3.05) is 0 Å². The Morgan fingerprint density at radius 3 is 2.44 bits per heavy atom. The van der Waals surface area contributed by atoms with Crippen molar-refractivity contribution in [2.24, 2.45) is 0 Å². The monoisotopic (exact) mass is 239 g/mol. The van der Waals surface area contributed by atoms with Crippen LogP contribution in [0.25, 0.3) is 0 Å². The molecule has 1 N–H and O–H groups in total. The van der Waals surface area contributed by atoms with Gasteiger partial charge >= 0.3 is 0 Å². The van der Waals surface area contributed by atoms with Gasteiger partial charge in [0.25, 0.3) is 0 Å². The summed E-state index contributed by atoms with van der Waals surface area (Å²) in [5, 5.41) is -0.357. The summed E-state index contributed by atoms with van der Waals surface area (Å²) in [5.74, 6) is 0.356. The molecule has 0 spiro atoms. The van der Waals surface area contributed by atoms with E-state index >= 15 is 0 Å². The van der Waals surface area contributed by atoms with E-state index in [4.69, 9.17) is 0 Å². The molecule has 88 valence electrons. The molecule has 1 saturated carbocycles. The Kier molecular flexibility index (Phi) is 3.04. The second-order valence-corrected chi connectivity index (χ2v) is 6.84. The van der Waals surface area contributed by atoms with Gasteiger partial charge in [-0.15, -0.1) is 0 Å². The van der Waals surface area contributed by atoms with Crippen LogP contribution in [0.4, 0.5) is 0 Å². The molecular formula is C12H17NO2S. The van der Waals surface area contributed by atoms with Crippen molar-refractivity contribution in [1.29, 1.82) is 0 Å². The van der Waals surface area contributed by atoms with Gasteiger partial charge in [0.1, 0.15) is 0 Å². The summed E-state index contributed by atoms with van der Waals surface area (Å²) in [7, 11) is -3.13. The van der Waals surface area contributed by atoms with E-state index in [1.54, 1.807) is 13.8 Å². The SMILES string of the molecule is CC(C)S(=O)(=O)NC1CC1c1ccccc1. The molecule has 0 heterocycles. The first-order valence-corrected chi connectivity index (χ1v) is 7.11. The van der Waals surface area contributed by atoms with E-state index in [0.29, 0.717) is 5.92 Å². The van der Waals surface area contributed by atoms with Crippen molar-refractivity contribution in [3.05, 3.63) is 35.9 Å². The van der Waals surface area contributed by atoms with Crippen molar-refractivity contribution in [1.82, 2.24) is 4.72 Å². The molecule has 1 aromatic rings. The largest absolute Gasteiger partial charge is 0.214 e. The number of nitrogens with one attached hydrogen (secondary N) is 1. The number of rotatable bonds is 4. The molecule has 2 unspecified atom stereocenters. The first-order valence-electron chi connectivity index (χ1n) is 5.57. The highest BCUT2D eigenvalue weighted by Gasteiger charge is 2.41. The van der Waals surface area contributed by atoms with E-state index in [9.17, 15) is 8.42 Å². The van der Waals surface area contributed by atoms with Gasteiger partial charge in [-0.3, -0.25) is 0 Å². The minimum atomic E-state index is -3.13. The summed E-state index contributed by atoms with van der Waals surface area (Å²) >= 11 is 0. The van der Waals surface area contributed by atoms with Gasteiger partial charge in [-0.2, -0.15) is 0 Å². The Labute approximate surface area is 96.9 Å². The predicted molar refractivity (Wildman–Crippen MR) is 64.8 cm³/mol. The Balaban J connectivity index is 1.99. The maximum Gasteiger partial charge on any atom is 0.214 e. The van der Waals surface area contributed by atoms with Crippen LogP contribution in [0.5, 0.6) is 0 Å². The van der Waals surface area contributed by atoms with Crippen LogP contribution >= 0.6 is 0 Å². The zero-order valence-electron chi connectivity index (χ0n) is 9.55. The van der Waals surface area contributed by atoms with Gasteiger partial charge in [-0.1, -0.05) is 30.3 Å². The number of sulfonamides is 1. The molecule has 0 aromatic heterocycles. The van der Waals surface area contributed by atoms with E-state index in [0.717, 1.165) is 6.42 Å². The third-order valence-electron chi connectivity index (χ3n) is 2.95. The zero-order valence-corrected chi connectivity index (χ0v) is 10.4. The zero-order chi connectivity index (χ0) is 11.8. The van der Waals surface area contributed by atoms with Crippen LogP contribution in [0, 0.1) is 0 Å². The van der Waals surface area contributed by atoms with Crippen LogP contribution in [0.3, 0.4) is 0 Å². The third-order valence-corrected chi connectivity index (χ3v) is 4.83. The summed E-state index contributed by atoms with van der Waals surface area (Å²) < 4.78 is 26.0. The molecule has 16 heavy (non-hydrogen) atoms. The van der Waals surface area contributed by atoms with Crippen molar-refractivity contribution >= 4 is 10.0 Å². The Morgan fingerprint density at radius 1 is 1.25 bits per heavy atom. The molecular weight excluding hydrogens is 222 g/mol. The molecule has 0 bridgehead atoms. The van der Waals surface area contributed by atoms with Crippen LogP contribution in [0.15, 0.2) is 30.3 Å². The Morgan fingerprint density at radius 2 is 1.88 bits per heavy atom. The lowest BCUT2D eigenvalue weighted by Gasteiger charge is -2.08. The van der Waals surface area contributed by atoms with E-state index in [-0.39, 0.29) is 11.3 Å². The third kappa shape index (κ3) is 2.44. The molecule has 1 aliphatic carbocycles. The molecule has 4 heteroatoms. The fourth-order valence-electron chi connectivity index (χ4n) is 1.74. The lowest BCUT2D eigenvalue weighted by molar-refractivity contribution is 0.571. The van der Waals surface area contributed by atoms with Gasteiger partial charge in [0, 0.05) is 12.0 Å². The molecule has 2 atom stereocenters. The highest BCUT2D eigenvalue weighted by molar-refractivity contribution is 7.90. The van der Waals surface area contributed by atoms with Crippen LogP contribution in [0.1, 0.15) is 31.7 Å². The van der Waals surface area contributed by atoms with Gasteiger partial charge < -0.3 is 0 Å². The molecule has 0 radical (unpaired) electrons. The van der Waals surface area contributed by atoms with Crippen molar-refractivity contribution < 1.29 is 8.42 Å². The van der Waals surface area contributed by atoms with Gasteiger partial charge in [0.15, 0.2) is 0 Å². The first-order chi connectivity index (χ1) is 7.50. The van der Waals surface area contributed by atoms with Gasteiger partial charge in [0.2, 0.25) is 10.0 Å². The average Bonchev–Trinajstić information content (AvgIpc) is 2.97. The van der Waals surface area contributed by atoms with Crippen molar-refractivity contribution in [3.8, 4) is 0 Å². The van der Waals surface area contributed by atoms with Crippen LogP contribution in [-0.2, 0) is 10.0 Å². The summed E-state index contributed by atoms with van der Waals surface area (Å²) in [6.45, 7) is 3.39. The highest BCUT2D eigenvalue weighted by Crippen LogP contribution is 2.41. The molecule has 0 amide bonds. The number of hydrogen-bond donors (Lipinski definition) is 1. The average molecular weight is 239 g/mol. The lowest BCUT2D eigenvalue weighted by Crippen LogP contribution is -2.33. The minimum Gasteiger partial charge on any atom is -0.212 e. The van der Waals surface area contributed by atoms with Crippen LogP contribution in [-0.4, -0.2) is 19.7 Å². The number of hydrogen-bond acceptors (Lipinski definition) is 2. The Bertz CT molecular complexity index is 453. The van der Waals surface area contributed by atoms with Gasteiger partial charge in [0.05, 0.1) is 5.25 Å². The summed E-state index contributed by atoms with van der Waals surface area (Å²) in [5.41, 5.74) is 1.22. The molecule has 3 nitrogen and oxygen atoms in total. The normalized spacial score (nSPS) is 24.7. The maximum absolute atomic E-state index is 11.6. The summed E-state index contributed by atoms with van der Waals surface area (Å²) in [6.07, 6.45) is 0.913. The first kappa shape index (κ1) is 11.6. The van der Waals surface area contributed by atoms with Crippen LogP contribution in [0.2, 0.25) is 0 Å². The fraction of sp³-hybridized carbons (Fsp3) is 0.500. The Hall–Kier alpha value is -0.870. The fourth-order valence-corrected chi connectivity index (χ4v) is 2.70. The topological polar surface area (TPSA) is 46.2 Å². The quantitative estimate of drug-likeness (QED) is 0.872. The van der Waals surface area contributed by atoms with E-state index in [1.807, 2.05) is 30.3 Å². The minimum absolute atomic E-state index is 0.0924. The predicted octanol–water partition coefficient (Wildman–Crippen LogP) is 1.87. The van der Waals surface area contributed by atoms with E-state index in [1.165, 1.54) is 5.56 Å². The molecule has 0 aliphatic heterocycles. The smallest absolute Gasteiger partial charge is 0.212 e. The summed E-state index contributed by atoms with van der Waals surface area (Å²) in [6, 6.07) is 10.1. The standard InChI is InChI=1S/C12H17NO2S/c1-9(2)16(14,15)13-12-8-11(12)10-6-4-3-5-7-10/h3-7,9,11-13H,8H2,1-2H3. The second kappa shape index (κ2) is 4.18. The van der Waals surface area contributed by atoms with E-state index in [2.05, 4.69) is 4.72 Å². The van der Waals surface area contributed by atoms with Crippen LogP contribution < -0.4 is 4.72 Å². The van der Waals surface area contributed by atoms with Gasteiger partial charge in [-0.25, -0.2) is 13.1 Å². The van der Waals surface area contributed by atoms with Gasteiger partial charge in [-0.05, 0) is 25.8 Å². The maximum atomic E-state index is 11.6. The molecule has 1 fully saturated rings.